The third kappa shape index (κ3) is 3.26. The summed E-state index contributed by atoms with van der Waals surface area (Å²) in [5.41, 5.74) is 0.284. The van der Waals surface area contributed by atoms with Gasteiger partial charge in [-0.15, -0.1) is 0 Å². The van der Waals surface area contributed by atoms with Crippen LogP contribution in [-0.2, 0) is 21.3 Å². The maximum Gasteiger partial charge on any atom is 0.316 e. The molecule has 0 spiro atoms. The highest BCUT2D eigenvalue weighted by Crippen LogP contribution is 2.08. The Hall–Kier alpha value is -1.23. The SMILES string of the molecule is O=C(O)CS(=O)Cc1ccccc1F. The van der Waals surface area contributed by atoms with Gasteiger partial charge < -0.3 is 5.11 Å². The van der Waals surface area contributed by atoms with Crippen LogP contribution in [0.5, 0.6) is 0 Å². The molecule has 1 atom stereocenters. The summed E-state index contributed by atoms with van der Waals surface area (Å²) in [5, 5.41) is 8.34. The van der Waals surface area contributed by atoms with Gasteiger partial charge in [-0.25, -0.2) is 4.39 Å². The normalized spacial score (nSPS) is 12.4. The van der Waals surface area contributed by atoms with E-state index in [1.165, 1.54) is 18.2 Å². The summed E-state index contributed by atoms with van der Waals surface area (Å²) >= 11 is 0. The highest BCUT2D eigenvalue weighted by molar-refractivity contribution is 7.84. The van der Waals surface area contributed by atoms with Gasteiger partial charge in [-0.3, -0.25) is 9.00 Å². The van der Waals surface area contributed by atoms with Crippen LogP contribution in [-0.4, -0.2) is 21.0 Å². The van der Waals surface area contributed by atoms with E-state index in [0.29, 0.717) is 0 Å². The molecule has 0 aliphatic rings. The monoisotopic (exact) mass is 216 g/mol. The first-order chi connectivity index (χ1) is 6.59. The molecule has 1 aromatic carbocycles. The van der Waals surface area contributed by atoms with Crippen LogP contribution in [0.1, 0.15) is 5.56 Å². The second-order valence-electron chi connectivity index (χ2n) is 2.71. The number of benzene rings is 1. The molecule has 14 heavy (non-hydrogen) atoms. The van der Waals surface area contributed by atoms with E-state index in [1.807, 2.05) is 0 Å². The molecule has 0 aromatic heterocycles. The van der Waals surface area contributed by atoms with Crippen LogP contribution in [0.4, 0.5) is 4.39 Å². The number of rotatable bonds is 4. The second-order valence-corrected chi connectivity index (χ2v) is 4.17. The Kier molecular flexibility index (Phi) is 3.76. The standard InChI is InChI=1S/C9H9FO3S/c10-8-4-2-1-3-7(8)5-14(13)6-9(11)12/h1-4H,5-6H2,(H,11,12). The Morgan fingerprint density at radius 3 is 2.64 bits per heavy atom. The average molecular weight is 216 g/mol. The maximum absolute atomic E-state index is 13.0. The van der Waals surface area contributed by atoms with Gasteiger partial charge in [0.2, 0.25) is 0 Å². The van der Waals surface area contributed by atoms with Crippen LogP contribution in [0.15, 0.2) is 24.3 Å². The number of hydrogen-bond acceptors (Lipinski definition) is 2. The lowest BCUT2D eigenvalue weighted by molar-refractivity contribution is -0.133. The molecular formula is C9H9FO3S. The van der Waals surface area contributed by atoms with Crippen LogP contribution in [0.25, 0.3) is 0 Å². The van der Waals surface area contributed by atoms with Crippen molar-refractivity contribution in [3.8, 4) is 0 Å². The molecule has 0 bridgehead atoms. The smallest absolute Gasteiger partial charge is 0.316 e. The topological polar surface area (TPSA) is 54.4 Å². The highest BCUT2D eigenvalue weighted by Gasteiger charge is 2.09. The summed E-state index contributed by atoms with van der Waals surface area (Å²) in [7, 11) is -1.55. The number of carboxylic acid groups (broad SMARTS) is 1. The fourth-order valence-corrected chi connectivity index (χ4v) is 1.94. The van der Waals surface area contributed by atoms with Gasteiger partial charge in [-0.05, 0) is 6.07 Å². The number of halogens is 1. The van der Waals surface area contributed by atoms with Crippen molar-refractivity contribution < 1.29 is 18.5 Å². The minimum atomic E-state index is -1.55. The molecule has 1 aromatic rings. The molecule has 0 radical (unpaired) electrons. The van der Waals surface area contributed by atoms with E-state index < -0.39 is 28.3 Å². The number of hydrogen-bond donors (Lipinski definition) is 1. The summed E-state index contributed by atoms with van der Waals surface area (Å²) in [6.07, 6.45) is 0. The summed E-state index contributed by atoms with van der Waals surface area (Å²) in [4.78, 5) is 10.2. The zero-order chi connectivity index (χ0) is 10.6. The summed E-state index contributed by atoms with van der Waals surface area (Å²) in [6.45, 7) is 0. The van der Waals surface area contributed by atoms with Gasteiger partial charge in [0.05, 0.1) is 5.75 Å². The zero-order valence-electron chi connectivity index (χ0n) is 7.27. The molecule has 0 saturated heterocycles. The largest absolute Gasteiger partial charge is 0.481 e. The number of carbonyl (C=O) groups is 1. The molecular weight excluding hydrogens is 207 g/mol. The van der Waals surface area contributed by atoms with Crippen molar-refractivity contribution >= 4 is 16.8 Å². The average Bonchev–Trinajstić information content (AvgIpc) is 2.07. The summed E-state index contributed by atoms with van der Waals surface area (Å²) in [6, 6.07) is 5.90. The first-order valence-electron chi connectivity index (χ1n) is 3.90. The maximum atomic E-state index is 13.0. The third-order valence-electron chi connectivity index (χ3n) is 1.56. The zero-order valence-corrected chi connectivity index (χ0v) is 8.09. The first kappa shape index (κ1) is 10.8. The molecule has 5 heteroatoms. The van der Waals surface area contributed by atoms with E-state index in [-0.39, 0.29) is 11.3 Å². The molecule has 1 rings (SSSR count). The first-order valence-corrected chi connectivity index (χ1v) is 5.38. The van der Waals surface area contributed by atoms with E-state index in [1.54, 1.807) is 6.07 Å². The van der Waals surface area contributed by atoms with E-state index in [4.69, 9.17) is 5.11 Å². The van der Waals surface area contributed by atoms with Crippen LogP contribution < -0.4 is 0 Å². The van der Waals surface area contributed by atoms with Gasteiger partial charge in [-0.2, -0.15) is 0 Å². The lowest BCUT2D eigenvalue weighted by Gasteiger charge is -2.00. The fraction of sp³-hybridized carbons (Fsp3) is 0.222. The van der Waals surface area contributed by atoms with Gasteiger partial charge in [0.25, 0.3) is 0 Å². The van der Waals surface area contributed by atoms with Crippen molar-refractivity contribution in [1.29, 1.82) is 0 Å². The molecule has 1 unspecified atom stereocenters. The second kappa shape index (κ2) is 4.85. The van der Waals surface area contributed by atoms with Gasteiger partial charge >= 0.3 is 5.97 Å². The van der Waals surface area contributed by atoms with Gasteiger partial charge in [0.1, 0.15) is 11.6 Å². The summed E-state index contributed by atoms with van der Waals surface area (Å²) < 4.78 is 24.1. The van der Waals surface area contributed by atoms with Crippen LogP contribution in [0, 0.1) is 5.82 Å². The van der Waals surface area contributed by atoms with Crippen molar-refractivity contribution in [3.05, 3.63) is 35.6 Å². The minimum absolute atomic E-state index is 0.0566. The third-order valence-corrected chi connectivity index (χ3v) is 2.76. The predicted molar refractivity (Wildman–Crippen MR) is 50.7 cm³/mol. The van der Waals surface area contributed by atoms with Crippen molar-refractivity contribution in [2.75, 3.05) is 5.75 Å². The van der Waals surface area contributed by atoms with Gasteiger partial charge in [-0.1, -0.05) is 18.2 Å². The molecule has 0 heterocycles. The Morgan fingerprint density at radius 1 is 1.43 bits per heavy atom. The molecule has 1 N–H and O–H groups in total. The van der Waals surface area contributed by atoms with Crippen LogP contribution in [0.3, 0.4) is 0 Å². The van der Waals surface area contributed by atoms with Crippen molar-refractivity contribution in [2.45, 2.75) is 5.75 Å². The van der Waals surface area contributed by atoms with Crippen LogP contribution >= 0.6 is 0 Å². The molecule has 76 valence electrons. The predicted octanol–water partition coefficient (Wildman–Crippen LogP) is 1.16. The number of aliphatic carboxylic acids is 1. The van der Waals surface area contributed by atoms with Crippen LogP contribution in [0.2, 0.25) is 0 Å². The van der Waals surface area contributed by atoms with E-state index in [2.05, 4.69) is 0 Å². The highest BCUT2D eigenvalue weighted by atomic mass is 32.2. The van der Waals surface area contributed by atoms with E-state index >= 15 is 0 Å². The van der Waals surface area contributed by atoms with E-state index in [9.17, 15) is 13.4 Å². The summed E-state index contributed by atoms with van der Waals surface area (Å²) in [5.74, 6) is -2.10. The molecule has 0 amide bonds. The molecule has 3 nitrogen and oxygen atoms in total. The Labute approximate surface area is 83.0 Å². The molecule has 0 aliphatic carbocycles. The Balaban J connectivity index is 2.65. The quantitative estimate of drug-likeness (QED) is 0.821. The minimum Gasteiger partial charge on any atom is -0.481 e. The molecule has 0 fully saturated rings. The Bertz CT molecular complexity index is 365. The van der Waals surface area contributed by atoms with Gasteiger partial charge in [0.15, 0.2) is 0 Å². The molecule has 0 saturated carbocycles. The molecule has 0 aliphatic heterocycles. The number of carboxylic acids is 1. The lowest BCUT2D eigenvalue weighted by atomic mass is 10.2. The van der Waals surface area contributed by atoms with E-state index in [0.717, 1.165) is 0 Å². The van der Waals surface area contributed by atoms with Crippen molar-refractivity contribution in [3.63, 3.8) is 0 Å². The van der Waals surface area contributed by atoms with Crippen molar-refractivity contribution in [2.24, 2.45) is 0 Å². The van der Waals surface area contributed by atoms with Gasteiger partial charge in [0, 0.05) is 16.4 Å². The lowest BCUT2D eigenvalue weighted by Crippen LogP contribution is -2.11. The Morgan fingerprint density at radius 2 is 2.07 bits per heavy atom. The van der Waals surface area contributed by atoms with Crippen molar-refractivity contribution in [1.82, 2.24) is 0 Å². The fourth-order valence-electron chi connectivity index (χ4n) is 0.978.